The van der Waals surface area contributed by atoms with Crippen molar-refractivity contribution in [3.8, 4) is 0 Å². The molecule has 1 aromatic heterocycles. The van der Waals surface area contributed by atoms with Crippen molar-refractivity contribution in [2.24, 2.45) is 5.92 Å². The van der Waals surface area contributed by atoms with Crippen LogP contribution in [0.15, 0.2) is 17.1 Å². The lowest BCUT2D eigenvalue weighted by Gasteiger charge is -2.16. The fourth-order valence-electron chi connectivity index (χ4n) is 1.33. The number of nitrogens with zero attached hydrogens (tertiary/aromatic N) is 1. The zero-order chi connectivity index (χ0) is 12.1. The number of carboxylic acids is 1. The molecular formula is C10H15N3O3. The molecular weight excluding hydrogens is 210 g/mol. The molecule has 16 heavy (non-hydrogen) atoms. The predicted molar refractivity (Wildman–Crippen MR) is 59.4 cm³/mol. The second kappa shape index (κ2) is 5.29. The van der Waals surface area contributed by atoms with E-state index < -0.39 is 17.7 Å². The quantitative estimate of drug-likeness (QED) is 0.685. The molecule has 0 aliphatic carbocycles. The third-order valence-corrected chi connectivity index (χ3v) is 2.01. The summed E-state index contributed by atoms with van der Waals surface area (Å²) in [5, 5.41) is 11.7. The van der Waals surface area contributed by atoms with E-state index in [9.17, 15) is 9.59 Å². The smallest absolute Gasteiger partial charge is 0.346 e. The maximum atomic E-state index is 11.0. The number of carbonyl (C=O) groups is 1. The van der Waals surface area contributed by atoms with Crippen molar-refractivity contribution in [2.75, 3.05) is 5.32 Å². The van der Waals surface area contributed by atoms with Crippen LogP contribution in [0.25, 0.3) is 0 Å². The zero-order valence-electron chi connectivity index (χ0n) is 9.23. The largest absolute Gasteiger partial charge is 0.480 e. The summed E-state index contributed by atoms with van der Waals surface area (Å²) in [7, 11) is 0. The van der Waals surface area contributed by atoms with Crippen LogP contribution in [0.1, 0.15) is 20.3 Å². The Morgan fingerprint density at radius 3 is 2.81 bits per heavy atom. The number of H-pyrrole nitrogens is 1. The first kappa shape index (κ1) is 12.2. The molecule has 3 N–H and O–H groups in total. The van der Waals surface area contributed by atoms with Gasteiger partial charge in [-0.3, -0.25) is 4.98 Å². The van der Waals surface area contributed by atoms with Crippen molar-refractivity contribution >= 4 is 11.8 Å². The van der Waals surface area contributed by atoms with Crippen molar-refractivity contribution in [1.82, 2.24) is 9.97 Å². The molecule has 1 aromatic rings. The summed E-state index contributed by atoms with van der Waals surface area (Å²) in [5.41, 5.74) is -0.501. The van der Waals surface area contributed by atoms with Crippen molar-refractivity contribution in [3.63, 3.8) is 0 Å². The Labute approximate surface area is 92.7 Å². The Bertz CT molecular complexity index is 414. The molecule has 88 valence electrons. The Kier molecular flexibility index (Phi) is 4.04. The molecule has 1 rings (SSSR count). The number of aliphatic carboxylic acids is 1. The lowest BCUT2D eigenvalue weighted by Crippen LogP contribution is -2.31. The van der Waals surface area contributed by atoms with Crippen molar-refractivity contribution in [3.05, 3.63) is 22.7 Å². The fraction of sp³-hybridized carbons (Fsp3) is 0.500. The highest BCUT2D eigenvalue weighted by molar-refractivity contribution is 5.76. The molecule has 0 fully saturated rings. The van der Waals surface area contributed by atoms with Gasteiger partial charge in [-0.2, -0.15) is 0 Å². The number of hydrogen-bond donors (Lipinski definition) is 3. The molecule has 0 aromatic carbocycles. The standard InChI is InChI=1S/C10H15N3O3/c1-6(2)5-7(9(14)15)12-8-3-4-11-10(16)13-8/h3-4,6-7H,5H2,1-2H3,(H,14,15)(H2,11,12,13,16). The number of aromatic nitrogens is 2. The van der Waals surface area contributed by atoms with Gasteiger partial charge in [0.15, 0.2) is 0 Å². The number of hydrogen-bond acceptors (Lipinski definition) is 4. The summed E-state index contributed by atoms with van der Waals surface area (Å²) in [6.07, 6.45) is 1.81. The molecule has 0 saturated heterocycles. The number of aromatic amines is 1. The van der Waals surface area contributed by atoms with Crippen LogP contribution in [0.4, 0.5) is 5.82 Å². The first-order chi connectivity index (χ1) is 7.49. The van der Waals surface area contributed by atoms with Crippen LogP contribution in [0.3, 0.4) is 0 Å². The van der Waals surface area contributed by atoms with Gasteiger partial charge in [0.1, 0.15) is 11.9 Å². The molecule has 6 nitrogen and oxygen atoms in total. The molecule has 0 amide bonds. The highest BCUT2D eigenvalue weighted by Gasteiger charge is 2.18. The molecule has 1 heterocycles. The molecule has 6 heteroatoms. The van der Waals surface area contributed by atoms with Crippen LogP contribution in [0, 0.1) is 5.92 Å². The molecule has 0 aliphatic rings. The van der Waals surface area contributed by atoms with E-state index in [2.05, 4.69) is 15.3 Å². The number of carboxylic acid groups (broad SMARTS) is 1. The second-order valence-corrected chi connectivity index (χ2v) is 3.95. The van der Waals surface area contributed by atoms with Crippen LogP contribution < -0.4 is 11.0 Å². The minimum absolute atomic E-state index is 0.252. The van der Waals surface area contributed by atoms with Crippen LogP contribution >= 0.6 is 0 Å². The van der Waals surface area contributed by atoms with Crippen molar-refractivity contribution in [2.45, 2.75) is 26.3 Å². The summed E-state index contributed by atoms with van der Waals surface area (Å²) in [5.74, 6) is -0.318. The van der Waals surface area contributed by atoms with Gasteiger partial charge in [0.2, 0.25) is 0 Å². The molecule has 0 aliphatic heterocycles. The average molecular weight is 225 g/mol. The van der Waals surface area contributed by atoms with Gasteiger partial charge in [-0.05, 0) is 18.4 Å². The Morgan fingerprint density at radius 1 is 1.62 bits per heavy atom. The van der Waals surface area contributed by atoms with Crippen LogP contribution in [-0.4, -0.2) is 27.1 Å². The Balaban J connectivity index is 2.75. The van der Waals surface area contributed by atoms with E-state index in [0.717, 1.165) is 0 Å². The highest BCUT2D eigenvalue weighted by atomic mass is 16.4. The number of rotatable bonds is 5. The van der Waals surface area contributed by atoms with E-state index >= 15 is 0 Å². The molecule has 0 saturated carbocycles. The van der Waals surface area contributed by atoms with E-state index in [1.165, 1.54) is 12.3 Å². The van der Waals surface area contributed by atoms with Crippen molar-refractivity contribution in [1.29, 1.82) is 0 Å². The average Bonchev–Trinajstić information content (AvgIpc) is 2.15. The lowest BCUT2D eigenvalue weighted by atomic mass is 10.0. The summed E-state index contributed by atoms with van der Waals surface area (Å²) in [6, 6.07) is 0.815. The summed E-state index contributed by atoms with van der Waals surface area (Å²) < 4.78 is 0. The predicted octanol–water partition coefficient (Wildman–Crippen LogP) is 0.681. The molecule has 1 unspecified atom stereocenters. The van der Waals surface area contributed by atoms with Crippen LogP contribution in [0.2, 0.25) is 0 Å². The van der Waals surface area contributed by atoms with Crippen LogP contribution in [0.5, 0.6) is 0 Å². The van der Waals surface area contributed by atoms with E-state index in [0.29, 0.717) is 12.2 Å². The van der Waals surface area contributed by atoms with E-state index in [1.54, 1.807) is 0 Å². The van der Waals surface area contributed by atoms with Crippen LogP contribution in [-0.2, 0) is 4.79 Å². The second-order valence-electron chi connectivity index (χ2n) is 3.95. The van der Waals surface area contributed by atoms with Gasteiger partial charge >= 0.3 is 11.7 Å². The minimum Gasteiger partial charge on any atom is -0.480 e. The van der Waals surface area contributed by atoms with Crippen molar-refractivity contribution < 1.29 is 9.90 Å². The van der Waals surface area contributed by atoms with Gasteiger partial charge in [0.05, 0.1) is 0 Å². The monoisotopic (exact) mass is 225 g/mol. The minimum atomic E-state index is -0.939. The third kappa shape index (κ3) is 3.72. The first-order valence-corrected chi connectivity index (χ1v) is 5.03. The van der Waals surface area contributed by atoms with Gasteiger partial charge < -0.3 is 10.4 Å². The van der Waals surface area contributed by atoms with E-state index in [1.807, 2.05) is 13.8 Å². The summed E-state index contributed by atoms with van der Waals surface area (Å²) in [4.78, 5) is 27.7. The van der Waals surface area contributed by atoms with Gasteiger partial charge in [-0.25, -0.2) is 14.6 Å². The molecule has 1 atom stereocenters. The van der Waals surface area contributed by atoms with E-state index in [-0.39, 0.29) is 5.92 Å². The molecule has 0 radical (unpaired) electrons. The van der Waals surface area contributed by atoms with Gasteiger partial charge in [-0.15, -0.1) is 0 Å². The third-order valence-electron chi connectivity index (χ3n) is 2.01. The Hall–Kier alpha value is -1.85. The zero-order valence-corrected chi connectivity index (χ0v) is 9.23. The highest BCUT2D eigenvalue weighted by Crippen LogP contribution is 2.09. The molecule has 0 spiro atoms. The summed E-state index contributed by atoms with van der Waals surface area (Å²) >= 11 is 0. The van der Waals surface area contributed by atoms with Gasteiger partial charge in [0.25, 0.3) is 0 Å². The van der Waals surface area contributed by atoms with E-state index in [4.69, 9.17) is 5.11 Å². The maximum absolute atomic E-state index is 11.0. The van der Waals surface area contributed by atoms with Gasteiger partial charge in [0, 0.05) is 6.20 Å². The number of anilines is 1. The molecule has 0 bridgehead atoms. The normalized spacial score (nSPS) is 12.4. The Morgan fingerprint density at radius 2 is 2.31 bits per heavy atom. The topological polar surface area (TPSA) is 95.1 Å². The first-order valence-electron chi connectivity index (χ1n) is 5.03. The SMILES string of the molecule is CC(C)CC(Nc1ccnc(=O)[nH]1)C(=O)O. The maximum Gasteiger partial charge on any atom is 0.346 e. The summed E-state index contributed by atoms with van der Waals surface area (Å²) in [6.45, 7) is 3.87. The number of nitrogens with one attached hydrogen (secondary N) is 2. The lowest BCUT2D eigenvalue weighted by molar-refractivity contribution is -0.138. The fourth-order valence-corrected chi connectivity index (χ4v) is 1.33. The van der Waals surface area contributed by atoms with Gasteiger partial charge in [-0.1, -0.05) is 13.8 Å².